The minimum absolute atomic E-state index is 0.0705. The van der Waals surface area contributed by atoms with Crippen LogP contribution in [0.4, 0.5) is 0 Å². The van der Waals surface area contributed by atoms with Crippen LogP contribution in [-0.4, -0.2) is 8.07 Å². The predicted octanol–water partition coefficient (Wildman–Crippen LogP) is 7.41. The first kappa shape index (κ1) is 26.4. The SMILES string of the molecule is Cc1cc(C)cc([Si](C2=CCC=C2)(c2cc(C)cc(C)c2)c2cc(C(C)(C)C)cc(C(C)(C)C)c2)c1. The van der Waals surface area contributed by atoms with Gasteiger partial charge in [0.15, 0.2) is 8.07 Å². The van der Waals surface area contributed by atoms with Crippen molar-refractivity contribution in [1.29, 1.82) is 0 Å². The molecule has 188 valence electrons. The highest BCUT2D eigenvalue weighted by molar-refractivity contribution is 7.16. The third-order valence-corrected chi connectivity index (χ3v) is 12.3. The molecule has 0 heterocycles. The lowest BCUT2D eigenvalue weighted by molar-refractivity contribution is 0.569. The Morgan fingerprint density at radius 2 is 0.917 bits per heavy atom. The van der Waals surface area contributed by atoms with E-state index in [1.54, 1.807) is 0 Å². The summed E-state index contributed by atoms with van der Waals surface area (Å²) >= 11 is 0. The van der Waals surface area contributed by atoms with Gasteiger partial charge in [0.2, 0.25) is 0 Å². The van der Waals surface area contributed by atoms with Crippen molar-refractivity contribution in [3.8, 4) is 0 Å². The summed E-state index contributed by atoms with van der Waals surface area (Å²) in [6.07, 6.45) is 8.30. The van der Waals surface area contributed by atoms with Gasteiger partial charge in [-0.2, -0.15) is 0 Å². The highest BCUT2D eigenvalue weighted by Crippen LogP contribution is 2.31. The van der Waals surface area contributed by atoms with Crippen molar-refractivity contribution in [2.45, 2.75) is 86.5 Å². The van der Waals surface area contributed by atoms with E-state index in [-0.39, 0.29) is 10.8 Å². The van der Waals surface area contributed by atoms with Gasteiger partial charge in [-0.3, -0.25) is 0 Å². The molecule has 3 aromatic carbocycles. The van der Waals surface area contributed by atoms with Crippen molar-refractivity contribution in [1.82, 2.24) is 0 Å². The van der Waals surface area contributed by atoms with Crippen LogP contribution in [0.15, 0.2) is 78.0 Å². The molecular formula is C35H44Si. The second-order valence-corrected chi connectivity index (χ2v) is 16.9. The quantitative estimate of drug-likeness (QED) is 0.263. The Morgan fingerprint density at radius 3 is 1.25 bits per heavy atom. The lowest BCUT2D eigenvalue weighted by atomic mass is 9.81. The minimum atomic E-state index is -2.56. The van der Waals surface area contributed by atoms with E-state index < -0.39 is 8.07 Å². The van der Waals surface area contributed by atoms with E-state index in [0.29, 0.717) is 0 Å². The van der Waals surface area contributed by atoms with Gasteiger partial charge in [0.1, 0.15) is 0 Å². The predicted molar refractivity (Wildman–Crippen MR) is 162 cm³/mol. The zero-order valence-corrected chi connectivity index (χ0v) is 25.1. The molecule has 0 amide bonds. The number of allylic oxidation sites excluding steroid dienone is 4. The van der Waals surface area contributed by atoms with Crippen LogP contribution in [0.25, 0.3) is 0 Å². The number of aryl methyl sites for hydroxylation is 4. The summed E-state index contributed by atoms with van der Waals surface area (Å²) in [6, 6.07) is 22.1. The third kappa shape index (κ3) is 4.96. The van der Waals surface area contributed by atoms with E-state index in [1.165, 1.54) is 54.1 Å². The molecule has 1 aliphatic rings. The van der Waals surface area contributed by atoms with Crippen LogP contribution < -0.4 is 15.6 Å². The normalized spacial score (nSPS) is 14.3. The summed E-state index contributed by atoms with van der Waals surface area (Å²) in [4.78, 5) is 0. The molecule has 36 heavy (non-hydrogen) atoms. The molecule has 0 spiro atoms. The highest BCUT2D eigenvalue weighted by atomic mass is 28.3. The molecule has 1 aliphatic carbocycles. The van der Waals surface area contributed by atoms with Crippen LogP contribution in [0.5, 0.6) is 0 Å². The third-order valence-electron chi connectivity index (χ3n) is 7.61. The molecule has 4 rings (SSSR count). The van der Waals surface area contributed by atoms with E-state index in [4.69, 9.17) is 0 Å². The average Bonchev–Trinajstić information content (AvgIpc) is 3.26. The van der Waals surface area contributed by atoms with Crippen LogP contribution in [0, 0.1) is 27.7 Å². The van der Waals surface area contributed by atoms with Crippen molar-refractivity contribution >= 4 is 23.6 Å². The molecule has 0 bridgehead atoms. The first-order chi connectivity index (χ1) is 16.7. The Hall–Kier alpha value is -2.64. The molecule has 0 atom stereocenters. The van der Waals surface area contributed by atoms with Crippen LogP contribution in [0.2, 0.25) is 0 Å². The van der Waals surface area contributed by atoms with Crippen LogP contribution in [0.3, 0.4) is 0 Å². The fourth-order valence-corrected chi connectivity index (χ4v) is 11.1. The summed E-state index contributed by atoms with van der Waals surface area (Å²) in [5.74, 6) is 0. The molecule has 0 unspecified atom stereocenters. The van der Waals surface area contributed by atoms with E-state index in [2.05, 4.69) is 142 Å². The zero-order chi connectivity index (χ0) is 26.5. The lowest BCUT2D eigenvalue weighted by Gasteiger charge is -2.38. The van der Waals surface area contributed by atoms with E-state index in [1.807, 2.05) is 0 Å². The summed E-state index contributed by atoms with van der Waals surface area (Å²) in [5.41, 5.74) is 8.38. The maximum Gasteiger partial charge on any atom is 0.179 e. The van der Waals surface area contributed by atoms with Gasteiger partial charge < -0.3 is 0 Å². The number of hydrogen-bond donors (Lipinski definition) is 0. The molecule has 0 fully saturated rings. The molecule has 0 N–H and O–H groups in total. The maximum atomic E-state index is 2.56. The highest BCUT2D eigenvalue weighted by Gasteiger charge is 2.44. The molecule has 0 saturated heterocycles. The Labute approximate surface area is 221 Å². The molecule has 0 nitrogen and oxygen atoms in total. The summed E-state index contributed by atoms with van der Waals surface area (Å²) in [7, 11) is -2.56. The van der Waals surface area contributed by atoms with Gasteiger partial charge >= 0.3 is 0 Å². The monoisotopic (exact) mass is 492 g/mol. The van der Waals surface area contributed by atoms with E-state index in [0.717, 1.165) is 6.42 Å². The average molecular weight is 493 g/mol. The van der Waals surface area contributed by atoms with Crippen LogP contribution >= 0.6 is 0 Å². The molecular weight excluding hydrogens is 448 g/mol. The summed E-state index contributed by atoms with van der Waals surface area (Å²) in [6.45, 7) is 23.1. The second kappa shape index (κ2) is 9.34. The van der Waals surface area contributed by atoms with E-state index in [9.17, 15) is 0 Å². The van der Waals surface area contributed by atoms with Gasteiger partial charge in [0.05, 0.1) is 0 Å². The first-order valence-electron chi connectivity index (χ1n) is 13.4. The minimum Gasteiger partial charge on any atom is -0.0808 e. The second-order valence-electron chi connectivity index (χ2n) is 13.1. The van der Waals surface area contributed by atoms with Gasteiger partial charge in [0, 0.05) is 0 Å². The van der Waals surface area contributed by atoms with Crippen LogP contribution in [-0.2, 0) is 10.8 Å². The molecule has 3 aromatic rings. The Morgan fingerprint density at radius 1 is 0.528 bits per heavy atom. The van der Waals surface area contributed by atoms with Crippen molar-refractivity contribution in [2.24, 2.45) is 0 Å². The van der Waals surface area contributed by atoms with Gasteiger partial charge in [-0.15, -0.1) is 0 Å². The number of rotatable bonds is 4. The van der Waals surface area contributed by atoms with Crippen molar-refractivity contribution in [3.05, 3.63) is 111 Å². The van der Waals surface area contributed by atoms with E-state index >= 15 is 0 Å². The molecule has 0 aliphatic heterocycles. The zero-order valence-electron chi connectivity index (χ0n) is 24.1. The van der Waals surface area contributed by atoms with Crippen molar-refractivity contribution in [3.63, 3.8) is 0 Å². The Balaban J connectivity index is 2.25. The molecule has 1 heteroatoms. The molecule has 0 aromatic heterocycles. The van der Waals surface area contributed by atoms with Gasteiger partial charge in [-0.25, -0.2) is 0 Å². The summed E-state index contributed by atoms with van der Waals surface area (Å²) in [5, 5.41) is 6.01. The standard InChI is InChI=1S/C35H44Si/c1-24-15-25(2)18-31(17-24)36(30-13-11-12-14-30,32-19-26(3)16-27(4)20-32)33-22-28(34(5,6)7)21-29(23-33)35(8,9)10/h11,13-23H,12H2,1-10H3. The Bertz CT molecular complexity index is 1230. The Kier molecular flexibility index (Phi) is 6.86. The smallest absolute Gasteiger partial charge is 0.0808 e. The fraction of sp³-hybridized carbons (Fsp3) is 0.371. The fourth-order valence-electron chi connectivity index (χ4n) is 5.83. The van der Waals surface area contributed by atoms with Gasteiger partial charge in [-0.05, 0) is 76.8 Å². The number of hydrogen-bond acceptors (Lipinski definition) is 0. The van der Waals surface area contributed by atoms with Crippen molar-refractivity contribution in [2.75, 3.05) is 0 Å². The summed E-state index contributed by atoms with van der Waals surface area (Å²) < 4.78 is 0. The van der Waals surface area contributed by atoms with Gasteiger partial charge in [0.25, 0.3) is 0 Å². The van der Waals surface area contributed by atoms with Gasteiger partial charge in [-0.1, -0.05) is 137 Å². The molecule has 0 saturated carbocycles. The number of benzene rings is 3. The molecule has 0 radical (unpaired) electrons. The lowest BCUT2D eigenvalue weighted by Crippen LogP contribution is -2.69. The largest absolute Gasteiger partial charge is 0.179 e. The van der Waals surface area contributed by atoms with Crippen molar-refractivity contribution < 1.29 is 0 Å². The van der Waals surface area contributed by atoms with Crippen LogP contribution in [0.1, 0.15) is 81.3 Å². The maximum absolute atomic E-state index is 2.56. The topological polar surface area (TPSA) is 0 Å². The first-order valence-corrected chi connectivity index (χ1v) is 15.4.